The molecule has 4 nitrogen and oxygen atoms in total. The van der Waals surface area contributed by atoms with Gasteiger partial charge in [-0.25, -0.2) is 13.1 Å². The number of furan rings is 1. The van der Waals surface area contributed by atoms with Crippen molar-refractivity contribution in [1.29, 1.82) is 0 Å². The molecule has 172 valence electrons. The zero-order chi connectivity index (χ0) is 23.3. The maximum absolute atomic E-state index is 12.6. The number of aryl methyl sites for hydroxylation is 2. The van der Waals surface area contributed by atoms with Crippen molar-refractivity contribution in [3.05, 3.63) is 95.7 Å². The zero-order valence-corrected chi connectivity index (χ0v) is 20.6. The van der Waals surface area contributed by atoms with Gasteiger partial charge in [0.15, 0.2) is 0 Å². The molecule has 0 radical (unpaired) electrons. The second-order valence-electron chi connectivity index (χ2n) is 8.40. The van der Waals surface area contributed by atoms with Gasteiger partial charge in [0, 0.05) is 22.1 Å². The van der Waals surface area contributed by atoms with Gasteiger partial charge in [0.2, 0.25) is 10.0 Å². The average molecular weight is 480 g/mol. The summed E-state index contributed by atoms with van der Waals surface area (Å²) in [6.45, 7) is 4.45. The first-order chi connectivity index (χ1) is 15.9. The maximum Gasteiger partial charge on any atom is 0.240 e. The molecule has 0 aliphatic heterocycles. The molecule has 0 aliphatic carbocycles. The van der Waals surface area contributed by atoms with Crippen LogP contribution in [0.4, 0.5) is 0 Å². The van der Waals surface area contributed by atoms with E-state index in [1.165, 1.54) is 16.0 Å². The van der Waals surface area contributed by atoms with E-state index in [4.69, 9.17) is 4.42 Å². The number of benzene rings is 3. The monoisotopic (exact) mass is 479 g/mol. The molecule has 33 heavy (non-hydrogen) atoms. The molecule has 1 unspecified atom stereocenters. The molecule has 1 atom stereocenters. The lowest BCUT2D eigenvalue weighted by Gasteiger charge is -2.17. The fourth-order valence-electron chi connectivity index (χ4n) is 3.74. The summed E-state index contributed by atoms with van der Waals surface area (Å²) in [7, 11) is -3.48. The van der Waals surface area contributed by atoms with E-state index >= 15 is 0 Å². The molecule has 4 rings (SSSR count). The van der Waals surface area contributed by atoms with E-state index in [0.717, 1.165) is 35.8 Å². The molecule has 3 aromatic carbocycles. The van der Waals surface area contributed by atoms with Crippen LogP contribution in [0.25, 0.3) is 11.0 Å². The molecule has 1 N–H and O–H groups in total. The Labute approximate surface area is 200 Å². The summed E-state index contributed by atoms with van der Waals surface area (Å²) < 4.78 is 33.5. The van der Waals surface area contributed by atoms with E-state index in [1.807, 2.05) is 36.9 Å². The van der Waals surface area contributed by atoms with Gasteiger partial charge in [0.25, 0.3) is 0 Å². The molecule has 0 bridgehead atoms. The van der Waals surface area contributed by atoms with E-state index < -0.39 is 10.0 Å². The highest BCUT2D eigenvalue weighted by atomic mass is 32.2. The Hall–Kier alpha value is -2.54. The predicted molar refractivity (Wildman–Crippen MR) is 136 cm³/mol. The molecule has 0 amide bonds. The minimum atomic E-state index is -3.48. The van der Waals surface area contributed by atoms with Gasteiger partial charge in [-0.05, 0) is 75.1 Å². The number of rotatable bonds is 10. The summed E-state index contributed by atoms with van der Waals surface area (Å²) in [6, 6.07) is 23.8. The quantitative estimate of drug-likeness (QED) is 0.208. The Bertz CT molecular complexity index is 1290. The number of hydrogen-bond donors (Lipinski definition) is 1. The Morgan fingerprint density at radius 1 is 0.909 bits per heavy atom. The van der Waals surface area contributed by atoms with E-state index in [0.29, 0.717) is 16.7 Å². The third kappa shape index (κ3) is 6.50. The van der Waals surface area contributed by atoms with E-state index in [1.54, 1.807) is 18.4 Å². The van der Waals surface area contributed by atoms with Crippen molar-refractivity contribution in [2.24, 2.45) is 0 Å². The fraction of sp³-hybridized carbons (Fsp3) is 0.259. The Kier molecular flexibility index (Phi) is 7.58. The average Bonchev–Trinajstić information content (AvgIpc) is 3.26. The van der Waals surface area contributed by atoms with Gasteiger partial charge in [0.1, 0.15) is 5.58 Å². The first kappa shape index (κ1) is 23.6. The fourth-order valence-corrected chi connectivity index (χ4v) is 6.05. The minimum absolute atomic E-state index is 0.311. The summed E-state index contributed by atoms with van der Waals surface area (Å²) >= 11 is 1.85. The van der Waals surface area contributed by atoms with Crippen LogP contribution in [0.3, 0.4) is 0 Å². The van der Waals surface area contributed by atoms with E-state index in [-0.39, 0.29) is 0 Å². The van der Waals surface area contributed by atoms with Crippen LogP contribution in [0.2, 0.25) is 0 Å². The third-order valence-corrected chi connectivity index (χ3v) is 8.39. The second-order valence-corrected chi connectivity index (χ2v) is 11.5. The molecule has 1 aromatic heterocycles. The van der Waals surface area contributed by atoms with Crippen LogP contribution in [0, 0.1) is 13.8 Å². The van der Waals surface area contributed by atoms with Crippen LogP contribution in [0.1, 0.15) is 29.5 Å². The SMILES string of the molecule is Cc1ccc(SC(CCCNS(=O)(=O)c2ccc(C)cc2)Cc2ccc3ccoc3c2)cc1. The Morgan fingerprint density at radius 3 is 2.33 bits per heavy atom. The maximum atomic E-state index is 12.6. The molecule has 0 saturated heterocycles. The lowest BCUT2D eigenvalue weighted by Crippen LogP contribution is -2.25. The molecule has 1 heterocycles. The van der Waals surface area contributed by atoms with Gasteiger partial charge in [-0.15, -0.1) is 11.8 Å². The van der Waals surface area contributed by atoms with Crippen molar-refractivity contribution in [3.8, 4) is 0 Å². The molecular formula is C27H29NO3S2. The van der Waals surface area contributed by atoms with Crippen molar-refractivity contribution in [2.75, 3.05) is 6.54 Å². The highest BCUT2D eigenvalue weighted by molar-refractivity contribution is 8.00. The minimum Gasteiger partial charge on any atom is -0.464 e. The van der Waals surface area contributed by atoms with Gasteiger partial charge < -0.3 is 4.42 Å². The molecule has 0 saturated carbocycles. The first-order valence-corrected chi connectivity index (χ1v) is 13.5. The standard InChI is InChI=1S/C27H29NO3S2/c1-20-5-11-24(12-6-20)32-25(18-22-9-10-23-15-17-31-27(23)19-22)4-3-16-28-33(29,30)26-13-7-21(2)8-14-26/h5-15,17,19,25,28H,3-4,16,18H2,1-2H3. The molecule has 0 fully saturated rings. The van der Waals surface area contributed by atoms with Crippen LogP contribution >= 0.6 is 11.8 Å². The topological polar surface area (TPSA) is 59.3 Å². The Balaban J connectivity index is 1.40. The van der Waals surface area contributed by atoms with Crippen LogP contribution in [-0.2, 0) is 16.4 Å². The predicted octanol–water partition coefficient (Wildman–Crippen LogP) is 6.51. The normalized spacial score (nSPS) is 12.8. The largest absolute Gasteiger partial charge is 0.464 e. The molecular weight excluding hydrogens is 450 g/mol. The first-order valence-electron chi connectivity index (χ1n) is 11.1. The molecule has 0 aliphatic rings. The highest BCUT2D eigenvalue weighted by Crippen LogP contribution is 2.30. The van der Waals surface area contributed by atoms with Crippen molar-refractivity contribution >= 4 is 32.8 Å². The van der Waals surface area contributed by atoms with Gasteiger partial charge in [-0.1, -0.05) is 47.5 Å². The van der Waals surface area contributed by atoms with Gasteiger partial charge in [-0.2, -0.15) is 0 Å². The van der Waals surface area contributed by atoms with Crippen LogP contribution in [0.15, 0.2) is 93.3 Å². The zero-order valence-electron chi connectivity index (χ0n) is 19.0. The smallest absolute Gasteiger partial charge is 0.240 e. The summed E-state index contributed by atoms with van der Waals surface area (Å²) in [6.07, 6.45) is 4.26. The van der Waals surface area contributed by atoms with Gasteiger partial charge in [-0.3, -0.25) is 0 Å². The number of fused-ring (bicyclic) bond motifs is 1. The van der Waals surface area contributed by atoms with Crippen LogP contribution in [0.5, 0.6) is 0 Å². The summed E-state index contributed by atoms with van der Waals surface area (Å²) in [5.74, 6) is 0. The molecule has 4 aromatic rings. The third-order valence-electron chi connectivity index (χ3n) is 5.63. The van der Waals surface area contributed by atoms with Crippen LogP contribution < -0.4 is 4.72 Å². The summed E-state index contributed by atoms with van der Waals surface area (Å²) in [5, 5.41) is 1.43. The molecule has 0 spiro atoms. The second kappa shape index (κ2) is 10.6. The number of sulfonamides is 1. The van der Waals surface area contributed by atoms with Gasteiger partial charge >= 0.3 is 0 Å². The van der Waals surface area contributed by atoms with Gasteiger partial charge in [0.05, 0.1) is 11.2 Å². The lowest BCUT2D eigenvalue weighted by atomic mass is 10.1. The van der Waals surface area contributed by atoms with Crippen molar-refractivity contribution in [2.45, 2.75) is 48.2 Å². The van der Waals surface area contributed by atoms with E-state index in [9.17, 15) is 8.42 Å². The van der Waals surface area contributed by atoms with Crippen LogP contribution in [-0.4, -0.2) is 20.2 Å². The van der Waals surface area contributed by atoms with E-state index in [2.05, 4.69) is 54.1 Å². The lowest BCUT2D eigenvalue weighted by molar-refractivity contribution is 0.575. The summed E-state index contributed by atoms with van der Waals surface area (Å²) in [4.78, 5) is 1.54. The van der Waals surface area contributed by atoms with Crippen molar-refractivity contribution < 1.29 is 12.8 Å². The summed E-state index contributed by atoms with van der Waals surface area (Å²) in [5.41, 5.74) is 4.40. The number of nitrogens with one attached hydrogen (secondary N) is 1. The van der Waals surface area contributed by atoms with Crippen molar-refractivity contribution in [3.63, 3.8) is 0 Å². The highest BCUT2D eigenvalue weighted by Gasteiger charge is 2.16. The number of thioether (sulfide) groups is 1. The molecule has 6 heteroatoms. The van der Waals surface area contributed by atoms with Crippen molar-refractivity contribution in [1.82, 2.24) is 4.72 Å². The Morgan fingerprint density at radius 2 is 1.61 bits per heavy atom. The number of hydrogen-bond acceptors (Lipinski definition) is 4.